The maximum atomic E-state index is 6.35. The lowest BCUT2D eigenvalue weighted by molar-refractivity contribution is 0.0225. The van der Waals surface area contributed by atoms with E-state index in [1.54, 1.807) is 20.3 Å². The van der Waals surface area contributed by atoms with Gasteiger partial charge in [0.15, 0.2) is 0 Å². The summed E-state index contributed by atoms with van der Waals surface area (Å²) in [6.45, 7) is 9.70. The number of methoxy groups -OCH3 is 2. The van der Waals surface area contributed by atoms with E-state index in [4.69, 9.17) is 35.7 Å². The SMILES string of the molecule is C=C(/C=C(\C=C(/C)OC)OC)N(CC1CC1)c1ccc(N)c(N=C(C)C(C=CN)=NC2CCCCO2)c1. The van der Waals surface area contributed by atoms with Crippen LogP contribution in [0, 0.1) is 5.92 Å². The first kappa shape index (κ1) is 28.1. The van der Waals surface area contributed by atoms with E-state index >= 15 is 0 Å². The van der Waals surface area contributed by atoms with Crippen LogP contribution < -0.4 is 16.4 Å². The van der Waals surface area contributed by atoms with Crippen LogP contribution in [0.2, 0.25) is 0 Å². The molecule has 8 nitrogen and oxygen atoms in total. The molecular formula is C29H41N5O3. The molecule has 8 heteroatoms. The summed E-state index contributed by atoms with van der Waals surface area (Å²) in [6, 6.07) is 5.87. The first-order valence-electron chi connectivity index (χ1n) is 12.8. The molecule has 0 spiro atoms. The van der Waals surface area contributed by atoms with Crippen molar-refractivity contribution < 1.29 is 14.2 Å². The third-order valence-electron chi connectivity index (χ3n) is 6.37. The van der Waals surface area contributed by atoms with Gasteiger partial charge in [0, 0.05) is 36.7 Å². The van der Waals surface area contributed by atoms with Gasteiger partial charge in [0.05, 0.1) is 42.8 Å². The maximum absolute atomic E-state index is 6.35. The van der Waals surface area contributed by atoms with Crippen LogP contribution in [0.4, 0.5) is 17.1 Å². The molecule has 0 bridgehead atoms. The van der Waals surface area contributed by atoms with Gasteiger partial charge in [0.2, 0.25) is 0 Å². The number of hydrogen-bond acceptors (Lipinski definition) is 8. The van der Waals surface area contributed by atoms with Crippen LogP contribution >= 0.6 is 0 Å². The van der Waals surface area contributed by atoms with Gasteiger partial charge in [-0.3, -0.25) is 4.99 Å². The van der Waals surface area contributed by atoms with Crippen molar-refractivity contribution in [3.63, 3.8) is 0 Å². The highest BCUT2D eigenvalue weighted by molar-refractivity contribution is 6.46. The summed E-state index contributed by atoms with van der Waals surface area (Å²) in [5.74, 6) is 2.04. The molecule has 3 rings (SSSR count). The second-order valence-electron chi connectivity index (χ2n) is 9.39. The van der Waals surface area contributed by atoms with Crippen LogP contribution in [-0.2, 0) is 14.2 Å². The van der Waals surface area contributed by atoms with E-state index in [0.717, 1.165) is 49.6 Å². The molecule has 0 aromatic heterocycles. The molecule has 1 unspecified atom stereocenters. The first-order chi connectivity index (χ1) is 17.8. The van der Waals surface area contributed by atoms with Crippen LogP contribution in [0.25, 0.3) is 0 Å². The van der Waals surface area contributed by atoms with E-state index in [-0.39, 0.29) is 6.23 Å². The quantitative estimate of drug-likeness (QED) is 0.165. The Morgan fingerprint density at radius 2 is 1.95 bits per heavy atom. The average Bonchev–Trinajstić information content (AvgIpc) is 3.72. The fourth-order valence-corrected chi connectivity index (χ4v) is 3.97. The molecule has 1 aromatic carbocycles. The number of ether oxygens (including phenoxy) is 3. The second-order valence-corrected chi connectivity index (χ2v) is 9.39. The highest BCUT2D eigenvalue weighted by atomic mass is 16.5. The van der Waals surface area contributed by atoms with Gasteiger partial charge in [-0.15, -0.1) is 0 Å². The van der Waals surface area contributed by atoms with E-state index < -0.39 is 0 Å². The second kappa shape index (κ2) is 13.7. The Labute approximate surface area is 221 Å². The van der Waals surface area contributed by atoms with Crippen LogP contribution in [0.15, 0.2) is 76.4 Å². The molecule has 4 N–H and O–H groups in total. The number of anilines is 2. The van der Waals surface area contributed by atoms with E-state index in [0.29, 0.717) is 34.5 Å². The van der Waals surface area contributed by atoms with Crippen molar-refractivity contribution in [1.29, 1.82) is 0 Å². The summed E-state index contributed by atoms with van der Waals surface area (Å²) >= 11 is 0. The standard InChI is InChI=1S/C29H41N5O3/c1-20(16-25(36-5)17-21(2)35-4)34(19-23-9-10-23)24-11-12-26(31)28(18-24)32-22(3)27(13-14-30)33-29-8-6-7-15-37-29/h11-14,16-18,23,29H,1,6-10,15,19,30-31H2,2-5H3/b14-13?,21-17+,25-16+,32-22?,33-27?. The van der Waals surface area contributed by atoms with E-state index in [2.05, 4.69) is 11.5 Å². The van der Waals surface area contributed by atoms with Crippen LogP contribution in [0.5, 0.6) is 0 Å². The lowest BCUT2D eigenvalue weighted by Crippen LogP contribution is -2.24. The molecule has 2 fully saturated rings. The number of nitrogen functional groups attached to an aromatic ring is 1. The number of nitrogens with two attached hydrogens (primary N) is 2. The zero-order valence-corrected chi connectivity index (χ0v) is 22.6. The molecule has 37 heavy (non-hydrogen) atoms. The number of hydrogen-bond donors (Lipinski definition) is 2. The van der Waals surface area contributed by atoms with Crippen LogP contribution in [0.3, 0.4) is 0 Å². The minimum Gasteiger partial charge on any atom is -0.501 e. The van der Waals surface area contributed by atoms with E-state index in [1.807, 2.05) is 44.2 Å². The molecule has 1 saturated carbocycles. The zero-order chi connectivity index (χ0) is 26.8. The Bertz CT molecular complexity index is 1090. The molecule has 1 aliphatic carbocycles. The molecular weight excluding hydrogens is 466 g/mol. The average molecular weight is 508 g/mol. The number of allylic oxidation sites excluding steroid dienone is 4. The predicted molar refractivity (Wildman–Crippen MR) is 153 cm³/mol. The lowest BCUT2D eigenvalue weighted by atomic mass is 10.1. The zero-order valence-electron chi connectivity index (χ0n) is 22.6. The van der Waals surface area contributed by atoms with Gasteiger partial charge < -0.3 is 30.6 Å². The summed E-state index contributed by atoms with van der Waals surface area (Å²) in [5.41, 5.74) is 16.5. The Morgan fingerprint density at radius 1 is 1.16 bits per heavy atom. The van der Waals surface area contributed by atoms with Crippen LogP contribution in [0.1, 0.15) is 46.0 Å². The van der Waals surface area contributed by atoms with Gasteiger partial charge >= 0.3 is 0 Å². The fourth-order valence-electron chi connectivity index (χ4n) is 3.97. The van der Waals surface area contributed by atoms with Gasteiger partial charge in [0.1, 0.15) is 12.0 Å². The number of nitrogens with zero attached hydrogens (tertiary/aromatic N) is 3. The maximum Gasteiger partial charge on any atom is 0.149 e. The molecule has 0 amide bonds. The smallest absolute Gasteiger partial charge is 0.149 e. The minimum absolute atomic E-state index is 0.177. The monoisotopic (exact) mass is 507 g/mol. The summed E-state index contributed by atoms with van der Waals surface area (Å²) in [7, 11) is 3.27. The van der Waals surface area contributed by atoms with Crippen LogP contribution in [-0.4, -0.2) is 45.0 Å². The molecule has 1 aromatic rings. The minimum atomic E-state index is -0.177. The number of aliphatic imine (C=N–C) groups is 2. The first-order valence-corrected chi connectivity index (χ1v) is 12.8. The summed E-state index contributed by atoms with van der Waals surface area (Å²) in [4.78, 5) is 11.8. The van der Waals surface area contributed by atoms with Crippen molar-refractivity contribution in [2.24, 2.45) is 21.6 Å². The largest absolute Gasteiger partial charge is 0.501 e. The summed E-state index contributed by atoms with van der Waals surface area (Å²) in [6.07, 6.45) is 12.3. The molecule has 1 atom stereocenters. The lowest BCUT2D eigenvalue weighted by Gasteiger charge is -2.26. The number of benzene rings is 1. The van der Waals surface area contributed by atoms with Gasteiger partial charge in [-0.05, 0) is 82.3 Å². The molecule has 2 aliphatic rings. The van der Waals surface area contributed by atoms with E-state index in [1.165, 1.54) is 19.0 Å². The van der Waals surface area contributed by atoms with Crippen molar-refractivity contribution in [3.05, 3.63) is 66.4 Å². The van der Waals surface area contributed by atoms with Gasteiger partial charge in [-0.25, -0.2) is 4.99 Å². The van der Waals surface area contributed by atoms with Crippen molar-refractivity contribution in [2.45, 2.75) is 52.2 Å². The Hall–Kier alpha value is -3.52. The van der Waals surface area contributed by atoms with E-state index in [9.17, 15) is 0 Å². The molecule has 1 heterocycles. The highest BCUT2D eigenvalue weighted by Gasteiger charge is 2.26. The third-order valence-corrected chi connectivity index (χ3v) is 6.37. The highest BCUT2D eigenvalue weighted by Crippen LogP contribution is 2.36. The summed E-state index contributed by atoms with van der Waals surface area (Å²) < 4.78 is 16.6. The third kappa shape index (κ3) is 8.53. The Morgan fingerprint density at radius 3 is 2.57 bits per heavy atom. The molecule has 0 radical (unpaired) electrons. The van der Waals surface area contributed by atoms with Gasteiger partial charge in [-0.1, -0.05) is 6.58 Å². The summed E-state index contributed by atoms with van der Waals surface area (Å²) in [5, 5.41) is 0. The Balaban J connectivity index is 1.93. The predicted octanol–water partition coefficient (Wildman–Crippen LogP) is 5.61. The van der Waals surface area contributed by atoms with Crippen molar-refractivity contribution in [2.75, 3.05) is 38.0 Å². The molecule has 1 aliphatic heterocycles. The van der Waals surface area contributed by atoms with Gasteiger partial charge in [-0.2, -0.15) is 0 Å². The topological polar surface area (TPSA) is 108 Å². The normalized spacial score (nSPS) is 19.7. The molecule has 1 saturated heterocycles. The van der Waals surface area contributed by atoms with Crippen molar-refractivity contribution >= 4 is 28.5 Å². The Kier molecular flexibility index (Phi) is 10.4. The molecule has 200 valence electrons. The van der Waals surface area contributed by atoms with Crippen molar-refractivity contribution in [3.8, 4) is 0 Å². The van der Waals surface area contributed by atoms with Crippen molar-refractivity contribution in [1.82, 2.24) is 0 Å². The number of rotatable bonds is 12. The van der Waals surface area contributed by atoms with Gasteiger partial charge in [0.25, 0.3) is 0 Å². The fraction of sp³-hybridized carbons (Fsp3) is 0.448.